The zero-order valence-electron chi connectivity index (χ0n) is 9.05. The minimum atomic E-state index is 0. The maximum atomic E-state index is 6.21. The van der Waals surface area contributed by atoms with E-state index in [1.54, 1.807) is 16.9 Å². The van der Waals surface area contributed by atoms with E-state index >= 15 is 0 Å². The third-order valence-electron chi connectivity index (χ3n) is 2.50. The zero-order valence-corrected chi connectivity index (χ0v) is 12.2. The average molecular weight is 345 g/mol. The van der Waals surface area contributed by atoms with Crippen LogP contribution in [0.15, 0.2) is 47.2 Å². The maximum absolute atomic E-state index is 6.21. The van der Waals surface area contributed by atoms with Crippen LogP contribution in [0, 0.1) is 0 Å². The minimum absolute atomic E-state index is 0. The summed E-state index contributed by atoms with van der Waals surface area (Å²) in [6.45, 7) is 0. The van der Waals surface area contributed by atoms with Crippen molar-refractivity contribution in [3.8, 4) is 11.1 Å². The highest BCUT2D eigenvalue weighted by Gasteiger charge is 2.14. The van der Waals surface area contributed by atoms with Gasteiger partial charge in [-0.05, 0) is 21.5 Å². The van der Waals surface area contributed by atoms with E-state index in [-0.39, 0.29) is 12.4 Å². The van der Waals surface area contributed by atoms with Gasteiger partial charge in [-0.3, -0.25) is 0 Å². The summed E-state index contributed by atoms with van der Waals surface area (Å²) in [6.07, 6.45) is 3.46. The van der Waals surface area contributed by atoms with Gasteiger partial charge >= 0.3 is 0 Å². The molecule has 0 bridgehead atoms. The van der Waals surface area contributed by atoms with Gasteiger partial charge in [0, 0.05) is 18.0 Å². The van der Waals surface area contributed by atoms with Crippen molar-refractivity contribution in [2.45, 2.75) is 0 Å². The van der Waals surface area contributed by atoms with Gasteiger partial charge in [-0.2, -0.15) is 5.10 Å². The normalized spacial score (nSPS) is 10.3. The first-order chi connectivity index (χ1) is 8.27. The van der Waals surface area contributed by atoms with E-state index < -0.39 is 0 Å². The molecule has 3 aromatic rings. The van der Waals surface area contributed by atoms with Gasteiger partial charge < -0.3 is 0 Å². The van der Waals surface area contributed by atoms with Gasteiger partial charge in [0.1, 0.15) is 0 Å². The van der Waals surface area contributed by atoms with Gasteiger partial charge in [0.15, 0.2) is 10.8 Å². The molecule has 2 aromatic heterocycles. The Hall–Kier alpha value is -1.10. The molecule has 3 nitrogen and oxygen atoms in total. The fourth-order valence-corrected chi connectivity index (χ4v) is 2.83. The Morgan fingerprint density at radius 2 is 1.89 bits per heavy atom. The number of halogens is 3. The van der Waals surface area contributed by atoms with Crippen molar-refractivity contribution >= 4 is 45.6 Å². The number of nitrogens with zero attached hydrogens (tertiary/aromatic N) is 3. The molecule has 1 aromatic carbocycles. The van der Waals surface area contributed by atoms with Gasteiger partial charge in [-0.15, -0.1) is 12.4 Å². The number of imidazole rings is 1. The van der Waals surface area contributed by atoms with Gasteiger partial charge in [-0.1, -0.05) is 41.9 Å². The fourth-order valence-electron chi connectivity index (χ4n) is 1.73. The van der Waals surface area contributed by atoms with Crippen LogP contribution in [0.5, 0.6) is 0 Å². The molecule has 92 valence electrons. The Morgan fingerprint density at radius 3 is 2.61 bits per heavy atom. The Labute approximate surface area is 123 Å². The Kier molecular flexibility index (Phi) is 3.90. The van der Waals surface area contributed by atoms with Crippen molar-refractivity contribution in [2.75, 3.05) is 0 Å². The zero-order chi connectivity index (χ0) is 11.8. The SMILES string of the molecule is Cl.Clc1nn2ccnc2c(Br)c1-c1ccccc1. The lowest BCUT2D eigenvalue weighted by Gasteiger charge is -2.07. The van der Waals surface area contributed by atoms with Crippen molar-refractivity contribution in [3.05, 3.63) is 52.4 Å². The second-order valence-corrected chi connectivity index (χ2v) is 4.69. The number of hydrogen-bond donors (Lipinski definition) is 0. The largest absolute Gasteiger partial charge is 0.234 e. The van der Waals surface area contributed by atoms with Crippen molar-refractivity contribution < 1.29 is 0 Å². The van der Waals surface area contributed by atoms with Gasteiger partial charge in [0.05, 0.1) is 4.47 Å². The van der Waals surface area contributed by atoms with Crippen molar-refractivity contribution in [1.82, 2.24) is 14.6 Å². The van der Waals surface area contributed by atoms with Crippen LogP contribution in [-0.2, 0) is 0 Å². The molecule has 6 heteroatoms. The van der Waals surface area contributed by atoms with Crippen LogP contribution in [-0.4, -0.2) is 14.6 Å². The van der Waals surface area contributed by atoms with E-state index in [1.165, 1.54) is 0 Å². The highest BCUT2D eigenvalue weighted by molar-refractivity contribution is 9.10. The molecule has 0 aliphatic rings. The van der Waals surface area contributed by atoms with Gasteiger partial charge in [0.2, 0.25) is 0 Å². The molecule has 18 heavy (non-hydrogen) atoms. The molecule has 0 amide bonds. The summed E-state index contributed by atoms with van der Waals surface area (Å²) in [5, 5.41) is 4.71. The lowest BCUT2D eigenvalue weighted by Crippen LogP contribution is -1.95. The number of hydrogen-bond acceptors (Lipinski definition) is 2. The molecule has 0 saturated carbocycles. The third kappa shape index (κ3) is 2.11. The first-order valence-electron chi connectivity index (χ1n) is 5.01. The van der Waals surface area contributed by atoms with Crippen molar-refractivity contribution in [3.63, 3.8) is 0 Å². The summed E-state index contributed by atoms with van der Waals surface area (Å²) in [5.74, 6) is 0. The van der Waals surface area contributed by atoms with Crippen molar-refractivity contribution in [1.29, 1.82) is 0 Å². The lowest BCUT2D eigenvalue weighted by molar-refractivity contribution is 0.934. The predicted molar refractivity (Wildman–Crippen MR) is 78.4 cm³/mol. The monoisotopic (exact) mass is 343 g/mol. The van der Waals surface area contributed by atoms with Crippen LogP contribution in [0.3, 0.4) is 0 Å². The van der Waals surface area contributed by atoms with Crippen LogP contribution in [0.4, 0.5) is 0 Å². The molecule has 0 aliphatic carbocycles. The summed E-state index contributed by atoms with van der Waals surface area (Å²) in [5.41, 5.74) is 2.64. The molecular weight excluding hydrogens is 337 g/mol. The number of fused-ring (bicyclic) bond motifs is 1. The highest BCUT2D eigenvalue weighted by Crippen LogP contribution is 2.35. The summed E-state index contributed by atoms with van der Waals surface area (Å²) < 4.78 is 2.51. The molecule has 0 aliphatic heterocycles. The molecular formula is C12H8BrCl2N3. The van der Waals surface area contributed by atoms with Crippen LogP contribution in [0.2, 0.25) is 5.15 Å². The molecule has 3 rings (SSSR count). The summed E-state index contributed by atoms with van der Waals surface area (Å²) >= 11 is 9.75. The Bertz CT molecular complexity index is 682. The van der Waals surface area contributed by atoms with Crippen LogP contribution in [0.1, 0.15) is 0 Å². The molecule has 0 N–H and O–H groups in total. The van der Waals surface area contributed by atoms with E-state index in [4.69, 9.17) is 11.6 Å². The fraction of sp³-hybridized carbons (Fsp3) is 0. The van der Waals surface area contributed by atoms with E-state index in [2.05, 4.69) is 26.0 Å². The molecule has 0 unspecified atom stereocenters. The number of aromatic nitrogens is 3. The third-order valence-corrected chi connectivity index (χ3v) is 3.52. The Morgan fingerprint density at radius 1 is 1.17 bits per heavy atom. The average Bonchev–Trinajstić information content (AvgIpc) is 2.78. The minimum Gasteiger partial charge on any atom is -0.234 e. The highest BCUT2D eigenvalue weighted by atomic mass is 79.9. The molecule has 0 atom stereocenters. The van der Waals surface area contributed by atoms with E-state index in [1.807, 2.05) is 30.3 Å². The van der Waals surface area contributed by atoms with E-state index in [0.717, 1.165) is 21.2 Å². The number of rotatable bonds is 1. The molecule has 2 heterocycles. The lowest BCUT2D eigenvalue weighted by atomic mass is 10.1. The predicted octanol–water partition coefficient (Wildman–Crippen LogP) is 4.23. The number of benzene rings is 1. The first kappa shape index (κ1) is 13.3. The smallest absolute Gasteiger partial charge is 0.168 e. The molecule has 0 saturated heterocycles. The van der Waals surface area contributed by atoms with Crippen LogP contribution in [0.25, 0.3) is 16.8 Å². The molecule has 0 radical (unpaired) electrons. The first-order valence-corrected chi connectivity index (χ1v) is 6.18. The van der Waals surface area contributed by atoms with E-state index in [9.17, 15) is 0 Å². The topological polar surface area (TPSA) is 30.2 Å². The van der Waals surface area contributed by atoms with Crippen LogP contribution >= 0.6 is 39.9 Å². The quantitative estimate of drug-likeness (QED) is 0.661. The molecule has 0 spiro atoms. The van der Waals surface area contributed by atoms with Gasteiger partial charge in [-0.25, -0.2) is 9.50 Å². The van der Waals surface area contributed by atoms with E-state index in [0.29, 0.717) is 5.15 Å². The maximum Gasteiger partial charge on any atom is 0.168 e. The second kappa shape index (κ2) is 5.26. The standard InChI is InChI=1S/C12H7BrClN3.ClH/c13-10-9(8-4-2-1-3-5-8)11(14)16-17-7-6-15-12(10)17;/h1-7H;1H. The molecule has 0 fully saturated rings. The summed E-state index contributed by atoms with van der Waals surface area (Å²) in [7, 11) is 0. The van der Waals surface area contributed by atoms with Gasteiger partial charge in [0.25, 0.3) is 0 Å². The summed E-state index contributed by atoms with van der Waals surface area (Å²) in [4.78, 5) is 4.24. The van der Waals surface area contributed by atoms with Crippen LogP contribution < -0.4 is 0 Å². The second-order valence-electron chi connectivity index (χ2n) is 3.54. The summed E-state index contributed by atoms with van der Waals surface area (Å²) in [6, 6.07) is 9.88. The van der Waals surface area contributed by atoms with Crippen molar-refractivity contribution in [2.24, 2.45) is 0 Å². The Balaban J connectivity index is 0.00000120.